The number of amides is 1. The Morgan fingerprint density at radius 1 is 1.12 bits per heavy atom. The van der Waals surface area contributed by atoms with Crippen LogP contribution in [0.4, 0.5) is 0 Å². The van der Waals surface area contributed by atoms with Crippen LogP contribution in [0.5, 0.6) is 0 Å². The fraction of sp³-hybridized carbons (Fsp3) is 0.550. The van der Waals surface area contributed by atoms with Crippen molar-refractivity contribution in [2.45, 2.75) is 56.6 Å². The fourth-order valence-corrected chi connectivity index (χ4v) is 3.94. The van der Waals surface area contributed by atoms with Crippen molar-refractivity contribution in [3.8, 4) is 0 Å². The van der Waals surface area contributed by atoms with E-state index in [0.717, 1.165) is 25.9 Å². The van der Waals surface area contributed by atoms with Crippen LogP contribution in [-0.2, 0) is 11.2 Å². The van der Waals surface area contributed by atoms with Crippen LogP contribution in [0, 0.1) is 0 Å². The molecule has 0 spiro atoms. The molecule has 140 valence electrons. The van der Waals surface area contributed by atoms with Crippen LogP contribution in [-0.4, -0.2) is 39.8 Å². The normalized spacial score (nSPS) is 16.7. The zero-order valence-corrected chi connectivity index (χ0v) is 16.2. The minimum Gasteiger partial charge on any atom is -0.416 e. The standard InChI is InChI=1S/C20H27N3O2S/c1-16(17-10-6-5-7-11-17)14-18-21-22-20(25-18)26-15-19(24)23-12-8-3-2-4-9-13-23/h5-7,10-11,16H,2-4,8-9,12-15H2,1H3. The molecule has 26 heavy (non-hydrogen) atoms. The first-order chi connectivity index (χ1) is 12.7. The van der Waals surface area contributed by atoms with Gasteiger partial charge in [0.25, 0.3) is 5.22 Å². The number of likely N-dealkylation sites (tertiary alicyclic amines) is 1. The van der Waals surface area contributed by atoms with Gasteiger partial charge in [-0.2, -0.15) is 0 Å². The highest BCUT2D eigenvalue weighted by molar-refractivity contribution is 7.99. The molecule has 1 saturated heterocycles. The van der Waals surface area contributed by atoms with E-state index in [1.54, 1.807) is 0 Å². The number of aromatic nitrogens is 2. The minimum absolute atomic E-state index is 0.175. The maximum Gasteiger partial charge on any atom is 0.277 e. The molecule has 1 aliphatic heterocycles. The maximum absolute atomic E-state index is 12.4. The van der Waals surface area contributed by atoms with Gasteiger partial charge < -0.3 is 9.32 Å². The molecule has 2 aromatic rings. The van der Waals surface area contributed by atoms with Gasteiger partial charge >= 0.3 is 0 Å². The number of rotatable bonds is 6. The Bertz CT molecular complexity index is 681. The summed E-state index contributed by atoms with van der Waals surface area (Å²) in [7, 11) is 0. The lowest BCUT2D eigenvalue weighted by Crippen LogP contribution is -2.35. The molecule has 0 saturated carbocycles. The SMILES string of the molecule is CC(Cc1nnc(SCC(=O)N2CCCCCCC2)o1)c1ccccc1. The molecule has 5 nitrogen and oxygen atoms in total. The van der Waals surface area contributed by atoms with Gasteiger partial charge in [0.2, 0.25) is 11.8 Å². The summed E-state index contributed by atoms with van der Waals surface area (Å²) in [4.78, 5) is 14.4. The molecule has 1 aliphatic rings. The van der Waals surface area contributed by atoms with Crippen LogP contribution in [0.1, 0.15) is 56.4 Å². The third-order valence-corrected chi connectivity index (χ3v) is 5.63. The Hall–Kier alpha value is -1.82. The van der Waals surface area contributed by atoms with E-state index in [0.29, 0.717) is 29.2 Å². The summed E-state index contributed by atoms with van der Waals surface area (Å²) < 4.78 is 5.73. The van der Waals surface area contributed by atoms with E-state index in [1.165, 1.54) is 36.6 Å². The van der Waals surface area contributed by atoms with Gasteiger partial charge in [-0.3, -0.25) is 4.79 Å². The molecule has 3 rings (SSSR count). The molecule has 1 amide bonds. The minimum atomic E-state index is 0.175. The van der Waals surface area contributed by atoms with Crippen LogP contribution in [0.25, 0.3) is 0 Å². The molecule has 1 aromatic heterocycles. The third-order valence-electron chi connectivity index (χ3n) is 4.83. The van der Waals surface area contributed by atoms with E-state index in [1.807, 2.05) is 23.1 Å². The number of hydrogen-bond donors (Lipinski definition) is 0. The molecular formula is C20H27N3O2S. The summed E-state index contributed by atoms with van der Waals surface area (Å²) in [6.45, 7) is 3.91. The molecule has 1 aromatic carbocycles. The summed E-state index contributed by atoms with van der Waals surface area (Å²) >= 11 is 1.35. The van der Waals surface area contributed by atoms with Crippen molar-refractivity contribution in [1.29, 1.82) is 0 Å². The van der Waals surface area contributed by atoms with Crippen LogP contribution in [0.3, 0.4) is 0 Å². The first kappa shape index (κ1) is 19.0. The monoisotopic (exact) mass is 373 g/mol. The lowest BCUT2D eigenvalue weighted by atomic mass is 9.98. The molecule has 0 bridgehead atoms. The summed E-state index contributed by atoms with van der Waals surface area (Å²) in [6.07, 6.45) is 6.67. The van der Waals surface area contributed by atoms with Crippen molar-refractivity contribution in [3.05, 3.63) is 41.8 Å². The highest BCUT2D eigenvalue weighted by atomic mass is 32.2. The number of nitrogens with zero attached hydrogens (tertiary/aromatic N) is 3. The summed E-state index contributed by atoms with van der Waals surface area (Å²) in [5.41, 5.74) is 1.26. The molecule has 1 atom stereocenters. The molecule has 2 heterocycles. The van der Waals surface area contributed by atoms with Crippen LogP contribution >= 0.6 is 11.8 Å². The molecule has 0 radical (unpaired) electrons. The second-order valence-corrected chi connectivity index (χ2v) is 7.84. The van der Waals surface area contributed by atoms with Crippen molar-refractivity contribution in [2.24, 2.45) is 0 Å². The summed E-state index contributed by atoms with van der Waals surface area (Å²) in [5, 5.41) is 8.71. The van der Waals surface area contributed by atoms with Gasteiger partial charge in [-0.25, -0.2) is 0 Å². The lowest BCUT2D eigenvalue weighted by molar-refractivity contribution is -0.128. The van der Waals surface area contributed by atoms with Crippen molar-refractivity contribution in [2.75, 3.05) is 18.8 Å². The number of carbonyl (C=O) groups excluding carboxylic acids is 1. The van der Waals surface area contributed by atoms with Gasteiger partial charge in [-0.1, -0.05) is 68.3 Å². The second-order valence-electron chi connectivity index (χ2n) is 6.91. The molecule has 0 N–H and O–H groups in total. The smallest absolute Gasteiger partial charge is 0.277 e. The molecular weight excluding hydrogens is 346 g/mol. The largest absolute Gasteiger partial charge is 0.416 e. The topological polar surface area (TPSA) is 59.2 Å². The van der Waals surface area contributed by atoms with Gasteiger partial charge in [0.1, 0.15) is 0 Å². The van der Waals surface area contributed by atoms with Crippen molar-refractivity contribution >= 4 is 17.7 Å². The molecule has 0 aliphatic carbocycles. The van der Waals surface area contributed by atoms with Gasteiger partial charge in [0.05, 0.1) is 5.75 Å². The summed E-state index contributed by atoms with van der Waals surface area (Å²) in [5.74, 6) is 1.49. The highest BCUT2D eigenvalue weighted by Gasteiger charge is 2.17. The van der Waals surface area contributed by atoms with E-state index >= 15 is 0 Å². The molecule has 6 heteroatoms. The van der Waals surface area contributed by atoms with Crippen molar-refractivity contribution < 1.29 is 9.21 Å². The number of thioether (sulfide) groups is 1. The van der Waals surface area contributed by atoms with E-state index < -0.39 is 0 Å². The van der Waals surface area contributed by atoms with Crippen molar-refractivity contribution in [1.82, 2.24) is 15.1 Å². The van der Waals surface area contributed by atoms with E-state index in [4.69, 9.17) is 4.42 Å². The average Bonchev–Trinajstić information content (AvgIpc) is 3.07. The number of carbonyl (C=O) groups is 1. The first-order valence-corrected chi connectivity index (χ1v) is 10.5. The Kier molecular flexibility index (Phi) is 7.12. The Labute approximate surface area is 159 Å². The third kappa shape index (κ3) is 5.59. The maximum atomic E-state index is 12.4. The quantitative estimate of drug-likeness (QED) is 0.707. The zero-order chi connectivity index (χ0) is 18.2. The summed E-state index contributed by atoms with van der Waals surface area (Å²) in [6, 6.07) is 10.3. The van der Waals surface area contributed by atoms with E-state index in [2.05, 4.69) is 29.3 Å². The average molecular weight is 374 g/mol. The zero-order valence-electron chi connectivity index (χ0n) is 15.4. The highest BCUT2D eigenvalue weighted by Crippen LogP contribution is 2.23. The van der Waals surface area contributed by atoms with Crippen LogP contribution < -0.4 is 0 Å². The Balaban J connectivity index is 1.48. The predicted octanol–water partition coefficient (Wildman–Crippen LogP) is 4.30. The van der Waals surface area contributed by atoms with Gasteiger partial charge in [-0.05, 0) is 24.3 Å². The van der Waals surface area contributed by atoms with Crippen LogP contribution in [0.15, 0.2) is 40.0 Å². The fourth-order valence-electron chi connectivity index (χ4n) is 3.25. The second kappa shape index (κ2) is 9.76. The first-order valence-electron chi connectivity index (χ1n) is 9.50. The van der Waals surface area contributed by atoms with Gasteiger partial charge in [0, 0.05) is 19.5 Å². The Morgan fingerprint density at radius 3 is 2.54 bits per heavy atom. The van der Waals surface area contributed by atoms with Gasteiger partial charge in [-0.15, -0.1) is 10.2 Å². The number of benzene rings is 1. The molecule has 1 fully saturated rings. The van der Waals surface area contributed by atoms with Crippen LogP contribution in [0.2, 0.25) is 0 Å². The van der Waals surface area contributed by atoms with E-state index in [-0.39, 0.29) is 5.91 Å². The Morgan fingerprint density at radius 2 is 1.81 bits per heavy atom. The molecule has 1 unspecified atom stereocenters. The van der Waals surface area contributed by atoms with Crippen molar-refractivity contribution in [3.63, 3.8) is 0 Å². The van der Waals surface area contributed by atoms with E-state index in [9.17, 15) is 4.79 Å². The van der Waals surface area contributed by atoms with Gasteiger partial charge in [0.15, 0.2) is 0 Å². The number of hydrogen-bond acceptors (Lipinski definition) is 5. The lowest BCUT2D eigenvalue weighted by Gasteiger charge is -2.24. The predicted molar refractivity (Wildman–Crippen MR) is 103 cm³/mol.